The Morgan fingerprint density at radius 1 is 1.30 bits per heavy atom. The molecule has 0 aliphatic carbocycles. The maximum absolute atomic E-state index is 12.7. The van der Waals surface area contributed by atoms with Crippen LogP contribution in [0.4, 0.5) is 5.69 Å². The smallest absolute Gasteiger partial charge is 0.264 e. The normalized spacial score (nSPS) is 11.3. The highest BCUT2D eigenvalue weighted by Gasteiger charge is 2.21. The third kappa shape index (κ3) is 2.76. The highest BCUT2D eigenvalue weighted by Crippen LogP contribution is 2.26. The molecule has 0 spiro atoms. The lowest BCUT2D eigenvalue weighted by atomic mass is 10.2. The Kier molecular flexibility index (Phi) is 3.76. The zero-order chi connectivity index (χ0) is 16.4. The first-order valence-corrected chi connectivity index (χ1v) is 8.50. The second kappa shape index (κ2) is 5.74. The van der Waals surface area contributed by atoms with Crippen molar-refractivity contribution in [2.45, 2.75) is 18.4 Å². The second-order valence-corrected chi connectivity index (χ2v) is 6.60. The van der Waals surface area contributed by atoms with E-state index in [0.717, 1.165) is 0 Å². The van der Waals surface area contributed by atoms with Crippen molar-refractivity contribution in [2.75, 3.05) is 4.72 Å². The number of hydrogen-bond donors (Lipinski definition) is 1. The summed E-state index contributed by atoms with van der Waals surface area (Å²) >= 11 is 0. The molecule has 0 atom stereocenters. The van der Waals surface area contributed by atoms with E-state index in [4.69, 9.17) is 5.26 Å². The summed E-state index contributed by atoms with van der Waals surface area (Å²) in [7, 11) is -3.77. The van der Waals surface area contributed by atoms with Crippen LogP contribution in [0.1, 0.15) is 12.5 Å². The molecule has 2 heterocycles. The quantitative estimate of drug-likeness (QED) is 0.798. The Bertz CT molecular complexity index is 1020. The van der Waals surface area contributed by atoms with Crippen LogP contribution in [0.3, 0.4) is 0 Å². The van der Waals surface area contributed by atoms with Crippen LogP contribution in [0.25, 0.3) is 11.0 Å². The van der Waals surface area contributed by atoms with Gasteiger partial charge in [0.05, 0.1) is 17.3 Å². The van der Waals surface area contributed by atoms with Gasteiger partial charge in [0.25, 0.3) is 10.0 Å². The summed E-state index contributed by atoms with van der Waals surface area (Å²) in [5.41, 5.74) is 1.37. The lowest BCUT2D eigenvalue weighted by Crippen LogP contribution is -2.12. The van der Waals surface area contributed by atoms with E-state index in [9.17, 15) is 8.42 Å². The number of rotatable bonds is 4. The van der Waals surface area contributed by atoms with E-state index < -0.39 is 10.0 Å². The van der Waals surface area contributed by atoms with E-state index in [2.05, 4.69) is 9.71 Å². The summed E-state index contributed by atoms with van der Waals surface area (Å²) in [4.78, 5) is 4.42. The Labute approximate surface area is 134 Å². The topological polar surface area (TPSA) is 87.8 Å². The fraction of sp³-hybridized carbons (Fsp3) is 0.125. The molecule has 2 aromatic heterocycles. The van der Waals surface area contributed by atoms with Crippen LogP contribution in [0.15, 0.2) is 53.7 Å². The number of sulfonamides is 1. The van der Waals surface area contributed by atoms with Gasteiger partial charge in [-0.2, -0.15) is 5.26 Å². The zero-order valence-electron chi connectivity index (χ0n) is 12.4. The largest absolute Gasteiger partial charge is 0.331 e. The van der Waals surface area contributed by atoms with Gasteiger partial charge in [0, 0.05) is 24.3 Å². The maximum atomic E-state index is 12.7. The first kappa shape index (κ1) is 15.1. The summed E-state index contributed by atoms with van der Waals surface area (Å²) < 4.78 is 29.7. The summed E-state index contributed by atoms with van der Waals surface area (Å²) in [5, 5.41) is 9.48. The number of nitriles is 1. The van der Waals surface area contributed by atoms with E-state index in [0.29, 0.717) is 28.8 Å². The van der Waals surface area contributed by atoms with Crippen molar-refractivity contribution >= 4 is 26.7 Å². The number of nitrogens with zero attached hydrogens (tertiary/aromatic N) is 3. The summed E-state index contributed by atoms with van der Waals surface area (Å²) in [6.45, 7) is 2.54. The molecule has 23 heavy (non-hydrogen) atoms. The molecule has 6 nitrogen and oxygen atoms in total. The molecule has 3 rings (SSSR count). The van der Waals surface area contributed by atoms with Gasteiger partial charge in [-0.1, -0.05) is 6.07 Å². The minimum Gasteiger partial charge on any atom is -0.331 e. The molecule has 0 aliphatic rings. The third-order valence-electron chi connectivity index (χ3n) is 3.47. The minimum absolute atomic E-state index is 0.171. The SMILES string of the molecule is CCn1cc(S(=O)(=O)Nc2cccc(C#N)c2)c2cccnc21. The predicted molar refractivity (Wildman–Crippen MR) is 87.4 cm³/mol. The molecule has 0 saturated heterocycles. The lowest BCUT2D eigenvalue weighted by Gasteiger charge is -2.07. The molecular formula is C16H14N4O2S. The van der Waals surface area contributed by atoms with Gasteiger partial charge in [-0.3, -0.25) is 4.72 Å². The molecule has 0 saturated carbocycles. The van der Waals surface area contributed by atoms with Crippen molar-refractivity contribution in [2.24, 2.45) is 0 Å². The number of nitrogens with one attached hydrogen (secondary N) is 1. The van der Waals surface area contributed by atoms with E-state index in [1.807, 2.05) is 13.0 Å². The molecule has 0 radical (unpaired) electrons. The number of fused-ring (bicyclic) bond motifs is 1. The molecule has 0 amide bonds. The summed E-state index contributed by atoms with van der Waals surface area (Å²) in [6, 6.07) is 11.8. The van der Waals surface area contributed by atoms with Gasteiger partial charge in [-0.05, 0) is 37.3 Å². The standard InChI is InChI=1S/C16H14N4O2S/c1-2-20-11-15(14-7-4-8-18-16(14)20)23(21,22)19-13-6-3-5-12(9-13)10-17/h3-9,11,19H,2H2,1H3. The lowest BCUT2D eigenvalue weighted by molar-refractivity contribution is 0.601. The fourth-order valence-electron chi connectivity index (χ4n) is 2.41. The average Bonchev–Trinajstić information content (AvgIpc) is 2.94. The minimum atomic E-state index is -3.77. The molecule has 0 unspecified atom stereocenters. The van der Waals surface area contributed by atoms with Gasteiger partial charge < -0.3 is 4.57 Å². The molecule has 0 fully saturated rings. The van der Waals surface area contributed by atoms with E-state index in [1.54, 1.807) is 47.3 Å². The van der Waals surface area contributed by atoms with Crippen molar-refractivity contribution in [3.8, 4) is 6.07 Å². The van der Waals surface area contributed by atoms with Crippen LogP contribution in [0.2, 0.25) is 0 Å². The first-order valence-electron chi connectivity index (χ1n) is 7.02. The predicted octanol–water partition coefficient (Wildman–Crippen LogP) is 2.73. The van der Waals surface area contributed by atoms with Crippen molar-refractivity contribution < 1.29 is 8.42 Å². The number of anilines is 1. The second-order valence-electron chi connectivity index (χ2n) is 4.95. The van der Waals surface area contributed by atoms with Crippen LogP contribution in [0.5, 0.6) is 0 Å². The Hall–Kier alpha value is -2.85. The van der Waals surface area contributed by atoms with Crippen molar-refractivity contribution in [3.63, 3.8) is 0 Å². The number of benzene rings is 1. The molecule has 116 valence electrons. The first-order chi connectivity index (χ1) is 11.0. The van der Waals surface area contributed by atoms with Gasteiger partial charge in [-0.25, -0.2) is 13.4 Å². The third-order valence-corrected chi connectivity index (χ3v) is 4.88. The highest BCUT2D eigenvalue weighted by molar-refractivity contribution is 7.93. The Morgan fingerprint density at radius 2 is 2.13 bits per heavy atom. The van der Waals surface area contributed by atoms with Gasteiger partial charge >= 0.3 is 0 Å². The maximum Gasteiger partial charge on any atom is 0.264 e. The van der Waals surface area contributed by atoms with Crippen molar-refractivity contribution in [3.05, 3.63) is 54.4 Å². The Morgan fingerprint density at radius 3 is 2.87 bits per heavy atom. The Balaban J connectivity index is 2.08. The van der Waals surface area contributed by atoms with E-state index in [1.165, 1.54) is 6.07 Å². The molecular weight excluding hydrogens is 312 g/mol. The van der Waals surface area contributed by atoms with Crippen LogP contribution < -0.4 is 4.72 Å². The van der Waals surface area contributed by atoms with Crippen LogP contribution >= 0.6 is 0 Å². The van der Waals surface area contributed by atoms with Crippen LogP contribution in [-0.2, 0) is 16.6 Å². The average molecular weight is 326 g/mol. The monoisotopic (exact) mass is 326 g/mol. The van der Waals surface area contributed by atoms with E-state index in [-0.39, 0.29) is 4.90 Å². The molecule has 0 bridgehead atoms. The number of aryl methyl sites for hydroxylation is 1. The van der Waals surface area contributed by atoms with Crippen molar-refractivity contribution in [1.82, 2.24) is 9.55 Å². The van der Waals surface area contributed by atoms with Crippen LogP contribution in [-0.4, -0.2) is 18.0 Å². The zero-order valence-corrected chi connectivity index (χ0v) is 13.2. The van der Waals surface area contributed by atoms with Crippen LogP contribution in [0, 0.1) is 11.3 Å². The fourth-order valence-corrected chi connectivity index (χ4v) is 3.67. The summed E-state index contributed by atoms with van der Waals surface area (Å²) in [5.74, 6) is 0. The molecule has 1 aromatic carbocycles. The summed E-state index contributed by atoms with van der Waals surface area (Å²) in [6.07, 6.45) is 3.21. The number of hydrogen-bond acceptors (Lipinski definition) is 4. The van der Waals surface area contributed by atoms with Crippen molar-refractivity contribution in [1.29, 1.82) is 5.26 Å². The molecule has 1 N–H and O–H groups in total. The highest BCUT2D eigenvalue weighted by atomic mass is 32.2. The number of pyridine rings is 1. The molecule has 7 heteroatoms. The van der Waals surface area contributed by atoms with E-state index >= 15 is 0 Å². The molecule has 3 aromatic rings. The van der Waals surface area contributed by atoms with Gasteiger partial charge in [0.1, 0.15) is 10.5 Å². The number of aromatic nitrogens is 2. The molecule has 0 aliphatic heterocycles. The van der Waals surface area contributed by atoms with Gasteiger partial charge in [0.15, 0.2) is 0 Å². The van der Waals surface area contributed by atoms with Gasteiger partial charge in [0.2, 0.25) is 0 Å². The van der Waals surface area contributed by atoms with Gasteiger partial charge in [-0.15, -0.1) is 0 Å².